The summed E-state index contributed by atoms with van der Waals surface area (Å²) >= 11 is 0. The fourth-order valence-electron chi connectivity index (χ4n) is 2.30. The highest BCUT2D eigenvalue weighted by Crippen LogP contribution is 2.26. The van der Waals surface area contributed by atoms with Gasteiger partial charge in [-0.3, -0.25) is 9.89 Å². The predicted octanol–water partition coefficient (Wildman–Crippen LogP) is -0.176. The van der Waals surface area contributed by atoms with Crippen molar-refractivity contribution in [3.8, 4) is 0 Å². The van der Waals surface area contributed by atoms with Gasteiger partial charge in [0.05, 0.1) is 13.3 Å². The minimum atomic E-state index is -4.17. The molecule has 0 amide bonds. The molecule has 1 aromatic heterocycles. The lowest BCUT2D eigenvalue weighted by Gasteiger charge is -2.32. The van der Waals surface area contributed by atoms with Gasteiger partial charge >= 0.3 is 11.9 Å². The van der Waals surface area contributed by atoms with E-state index in [4.69, 9.17) is 5.11 Å². The lowest BCUT2D eigenvalue weighted by molar-refractivity contribution is -0.146. The number of hydrogen-bond donors (Lipinski definition) is 2. The molecule has 21 heavy (non-hydrogen) atoms. The van der Waals surface area contributed by atoms with Crippen LogP contribution in [-0.2, 0) is 19.6 Å². The number of piperidine rings is 1. The van der Waals surface area contributed by atoms with Gasteiger partial charge < -0.3 is 9.84 Å². The number of aromatic carboxylic acids is 1. The van der Waals surface area contributed by atoms with Crippen molar-refractivity contribution < 1.29 is 27.9 Å². The molecule has 9 nitrogen and oxygen atoms in total. The molecular formula is C11H15N3O6S. The monoisotopic (exact) mass is 317 g/mol. The zero-order valence-corrected chi connectivity index (χ0v) is 12.1. The largest absolute Gasteiger partial charge is 0.478 e. The average molecular weight is 317 g/mol. The lowest BCUT2D eigenvalue weighted by atomic mass is 10.1. The summed E-state index contributed by atoms with van der Waals surface area (Å²) in [6.07, 6.45) is 2.54. The maximum absolute atomic E-state index is 12.6. The topological polar surface area (TPSA) is 130 Å². The van der Waals surface area contributed by atoms with Crippen LogP contribution in [-0.4, -0.2) is 59.7 Å². The second-order valence-electron chi connectivity index (χ2n) is 4.57. The summed E-state index contributed by atoms with van der Waals surface area (Å²) in [7, 11) is -2.98. The van der Waals surface area contributed by atoms with E-state index in [-0.39, 0.29) is 6.54 Å². The molecule has 0 saturated carbocycles. The number of aromatic amines is 1. The highest BCUT2D eigenvalue weighted by Gasteiger charge is 2.40. The number of nitrogens with zero attached hydrogens (tertiary/aromatic N) is 2. The number of ether oxygens (including phenoxy) is 1. The van der Waals surface area contributed by atoms with Gasteiger partial charge in [0.1, 0.15) is 11.6 Å². The van der Waals surface area contributed by atoms with Crippen LogP contribution in [0.2, 0.25) is 0 Å². The van der Waals surface area contributed by atoms with Crippen molar-refractivity contribution in [3.63, 3.8) is 0 Å². The zero-order valence-electron chi connectivity index (χ0n) is 11.3. The van der Waals surface area contributed by atoms with Gasteiger partial charge in [-0.2, -0.15) is 9.40 Å². The summed E-state index contributed by atoms with van der Waals surface area (Å²) in [6, 6.07) is -0.946. The Morgan fingerprint density at radius 3 is 2.81 bits per heavy atom. The molecule has 2 N–H and O–H groups in total. The Balaban J connectivity index is 2.43. The number of sulfonamides is 1. The first-order valence-corrected chi connectivity index (χ1v) is 7.70. The summed E-state index contributed by atoms with van der Waals surface area (Å²) in [6.45, 7) is 0.125. The van der Waals surface area contributed by atoms with E-state index >= 15 is 0 Å². The Bertz CT molecular complexity index is 653. The molecule has 1 fully saturated rings. The molecule has 116 valence electrons. The maximum atomic E-state index is 12.6. The van der Waals surface area contributed by atoms with Gasteiger partial charge in [-0.25, -0.2) is 13.2 Å². The number of aromatic nitrogens is 2. The first-order valence-electron chi connectivity index (χ1n) is 6.26. The predicted molar refractivity (Wildman–Crippen MR) is 69.1 cm³/mol. The zero-order chi connectivity index (χ0) is 15.6. The molecule has 0 spiro atoms. The number of carbonyl (C=O) groups excluding carboxylic acids is 1. The third-order valence-corrected chi connectivity index (χ3v) is 5.21. The highest BCUT2D eigenvalue weighted by molar-refractivity contribution is 7.89. The van der Waals surface area contributed by atoms with E-state index in [2.05, 4.69) is 14.9 Å². The molecule has 1 unspecified atom stereocenters. The molecule has 2 heterocycles. The number of methoxy groups -OCH3 is 1. The van der Waals surface area contributed by atoms with Crippen LogP contribution >= 0.6 is 0 Å². The standard InChI is InChI=1S/C11H15N3O6S/c1-20-11(17)8-4-2-3-5-14(8)21(18,19)9-7(10(15)16)6-12-13-9/h6,8H,2-5H2,1H3,(H,12,13)(H,15,16). The van der Waals surface area contributed by atoms with Crippen molar-refractivity contribution in [2.75, 3.05) is 13.7 Å². The Hall–Kier alpha value is -1.94. The fraction of sp³-hybridized carbons (Fsp3) is 0.545. The van der Waals surface area contributed by atoms with Crippen molar-refractivity contribution in [1.82, 2.24) is 14.5 Å². The van der Waals surface area contributed by atoms with Gasteiger partial charge in [0.2, 0.25) is 0 Å². The Morgan fingerprint density at radius 2 is 2.19 bits per heavy atom. The van der Waals surface area contributed by atoms with E-state index in [0.717, 1.165) is 10.5 Å². The van der Waals surface area contributed by atoms with Gasteiger partial charge in [0, 0.05) is 6.54 Å². The number of esters is 1. The number of carbonyl (C=O) groups is 2. The minimum Gasteiger partial charge on any atom is -0.478 e. The van der Waals surface area contributed by atoms with Gasteiger partial charge in [-0.15, -0.1) is 0 Å². The molecule has 1 saturated heterocycles. The number of hydrogen-bond acceptors (Lipinski definition) is 6. The van der Waals surface area contributed by atoms with Crippen LogP contribution in [0.25, 0.3) is 0 Å². The Morgan fingerprint density at radius 1 is 1.48 bits per heavy atom. The molecule has 0 aliphatic carbocycles. The van der Waals surface area contributed by atoms with Crippen molar-refractivity contribution in [2.24, 2.45) is 0 Å². The molecule has 1 aliphatic heterocycles. The fourth-order valence-corrected chi connectivity index (χ4v) is 4.02. The summed E-state index contributed by atoms with van der Waals surface area (Å²) < 4.78 is 30.8. The van der Waals surface area contributed by atoms with Crippen LogP contribution in [0.3, 0.4) is 0 Å². The molecule has 1 aromatic rings. The van der Waals surface area contributed by atoms with Crippen molar-refractivity contribution >= 4 is 22.0 Å². The smallest absolute Gasteiger partial charge is 0.340 e. The van der Waals surface area contributed by atoms with E-state index in [1.807, 2.05) is 0 Å². The van der Waals surface area contributed by atoms with Crippen LogP contribution in [0.4, 0.5) is 0 Å². The molecule has 2 rings (SSSR count). The van der Waals surface area contributed by atoms with Gasteiger partial charge in [0.25, 0.3) is 10.0 Å². The van der Waals surface area contributed by atoms with Gasteiger partial charge in [-0.1, -0.05) is 0 Å². The van der Waals surface area contributed by atoms with E-state index in [0.29, 0.717) is 19.3 Å². The highest BCUT2D eigenvalue weighted by atomic mass is 32.2. The molecule has 0 bridgehead atoms. The second kappa shape index (κ2) is 5.82. The molecule has 0 radical (unpaired) electrons. The summed E-state index contributed by atoms with van der Waals surface area (Å²) in [5.41, 5.74) is -0.454. The molecule has 1 atom stereocenters. The van der Waals surface area contributed by atoms with Crippen molar-refractivity contribution in [1.29, 1.82) is 0 Å². The molecule has 1 aliphatic rings. The number of carboxylic acids is 1. The molecule has 10 heteroatoms. The third kappa shape index (κ3) is 2.76. The van der Waals surface area contributed by atoms with Crippen LogP contribution < -0.4 is 0 Å². The Labute approximate surface area is 120 Å². The SMILES string of the molecule is COC(=O)C1CCCCN1S(=O)(=O)c1[nH]ncc1C(=O)O. The summed E-state index contributed by atoms with van der Waals surface area (Å²) in [5, 5.41) is 14.1. The molecule has 0 aromatic carbocycles. The van der Waals surface area contributed by atoms with Crippen molar-refractivity contribution in [3.05, 3.63) is 11.8 Å². The van der Waals surface area contributed by atoms with E-state index in [1.165, 1.54) is 7.11 Å². The lowest BCUT2D eigenvalue weighted by Crippen LogP contribution is -2.48. The normalized spacial score (nSPS) is 20.1. The van der Waals surface area contributed by atoms with Crippen LogP contribution in [0.1, 0.15) is 29.6 Å². The Kier molecular flexibility index (Phi) is 4.28. The second-order valence-corrected chi connectivity index (χ2v) is 6.40. The van der Waals surface area contributed by atoms with E-state index < -0.39 is 38.6 Å². The number of rotatable bonds is 4. The van der Waals surface area contributed by atoms with Gasteiger partial charge in [0.15, 0.2) is 5.03 Å². The number of carboxylic acid groups (broad SMARTS) is 1. The van der Waals surface area contributed by atoms with Crippen LogP contribution in [0, 0.1) is 0 Å². The van der Waals surface area contributed by atoms with Crippen molar-refractivity contribution in [2.45, 2.75) is 30.3 Å². The first kappa shape index (κ1) is 15.4. The summed E-state index contributed by atoms with van der Waals surface area (Å²) in [4.78, 5) is 22.8. The molecular weight excluding hydrogens is 302 g/mol. The first-order chi connectivity index (χ1) is 9.89. The number of nitrogens with one attached hydrogen (secondary N) is 1. The van der Waals surface area contributed by atoms with Crippen LogP contribution in [0.5, 0.6) is 0 Å². The van der Waals surface area contributed by atoms with E-state index in [9.17, 15) is 18.0 Å². The maximum Gasteiger partial charge on any atom is 0.340 e. The van der Waals surface area contributed by atoms with Crippen LogP contribution in [0.15, 0.2) is 11.2 Å². The summed E-state index contributed by atoms with van der Waals surface area (Å²) in [5.74, 6) is -2.07. The van der Waals surface area contributed by atoms with Gasteiger partial charge in [-0.05, 0) is 19.3 Å². The minimum absolute atomic E-state index is 0.125. The quantitative estimate of drug-likeness (QED) is 0.737. The third-order valence-electron chi connectivity index (χ3n) is 3.33. The average Bonchev–Trinajstić information content (AvgIpc) is 2.97. The number of H-pyrrole nitrogens is 1. The van der Waals surface area contributed by atoms with E-state index in [1.54, 1.807) is 0 Å².